The molecule has 0 radical (unpaired) electrons. The molecule has 0 bridgehead atoms. The van der Waals surface area contributed by atoms with E-state index in [1.165, 1.54) is 11.8 Å². The van der Waals surface area contributed by atoms with Crippen LogP contribution in [0.3, 0.4) is 0 Å². The molecule has 0 saturated heterocycles. The molecule has 52 heavy (non-hydrogen) atoms. The molecule has 0 fully saturated rings. The summed E-state index contributed by atoms with van der Waals surface area (Å²) in [7, 11) is -4.34. The van der Waals surface area contributed by atoms with Crippen LogP contribution in [0, 0.1) is 5.92 Å². The molecule has 10 nitrogen and oxygen atoms in total. The molecule has 4 aromatic carbocycles. The normalized spacial score (nSPS) is 14.2. The lowest BCUT2D eigenvalue weighted by Gasteiger charge is -2.28. The smallest absolute Gasteiger partial charge is 0.408 e. The van der Waals surface area contributed by atoms with Crippen molar-refractivity contribution in [1.82, 2.24) is 15.6 Å². The second kappa shape index (κ2) is 18.1. The summed E-state index contributed by atoms with van der Waals surface area (Å²) in [5.41, 5.74) is 10.1. The van der Waals surface area contributed by atoms with Crippen LogP contribution in [0.4, 0.5) is 4.79 Å². The van der Waals surface area contributed by atoms with Crippen LogP contribution in [0.25, 0.3) is 10.9 Å². The molecule has 4 atom stereocenters. The third kappa shape index (κ3) is 10.6. The number of primary amides is 1. The Hall–Kier alpha value is -4.83. The minimum Gasteiger partial charge on any atom is -0.445 e. The van der Waals surface area contributed by atoms with E-state index in [-0.39, 0.29) is 31.1 Å². The maximum Gasteiger partial charge on any atom is 0.408 e. The van der Waals surface area contributed by atoms with Crippen LogP contribution >= 0.6 is 19.1 Å². The summed E-state index contributed by atoms with van der Waals surface area (Å²) < 4.78 is 19.9. The van der Waals surface area contributed by atoms with Gasteiger partial charge in [0.1, 0.15) is 18.4 Å². The summed E-state index contributed by atoms with van der Waals surface area (Å²) in [6.07, 6.45) is 0.611. The van der Waals surface area contributed by atoms with Gasteiger partial charge in [-0.1, -0.05) is 111 Å². The van der Waals surface area contributed by atoms with Crippen LogP contribution < -0.4 is 16.4 Å². The summed E-state index contributed by atoms with van der Waals surface area (Å²) >= 11 is 1.40. The largest absolute Gasteiger partial charge is 0.445 e. The Morgan fingerprint density at radius 1 is 0.846 bits per heavy atom. The fourth-order valence-electron chi connectivity index (χ4n) is 6.00. The van der Waals surface area contributed by atoms with Crippen molar-refractivity contribution in [2.24, 2.45) is 11.7 Å². The summed E-state index contributed by atoms with van der Waals surface area (Å²) in [6, 6.07) is 32.5. The summed E-state index contributed by atoms with van der Waals surface area (Å²) in [6.45, 7) is 4.12. The van der Waals surface area contributed by atoms with E-state index in [9.17, 15) is 23.8 Å². The minimum atomic E-state index is -4.34. The number of H-pyrrole nitrogens is 1. The van der Waals surface area contributed by atoms with E-state index in [0.29, 0.717) is 0 Å². The zero-order valence-corrected chi connectivity index (χ0v) is 30.9. The molecular formula is C40H45N4O6PS. The fraction of sp³-hybridized carbons (Fsp3) is 0.275. The Kier molecular flexibility index (Phi) is 13.4. The maximum absolute atomic E-state index is 14.5. The molecule has 12 heteroatoms. The third-order valence-electron chi connectivity index (χ3n) is 8.85. The van der Waals surface area contributed by atoms with Gasteiger partial charge in [0.15, 0.2) is 0 Å². The number of nitrogens with one attached hydrogen (secondary N) is 3. The van der Waals surface area contributed by atoms with Gasteiger partial charge in [-0.05, 0) is 40.3 Å². The van der Waals surface area contributed by atoms with Crippen LogP contribution in [-0.4, -0.2) is 51.5 Å². The molecule has 6 N–H and O–H groups in total. The second-order valence-corrected chi connectivity index (χ2v) is 16.6. The molecule has 0 spiro atoms. The Morgan fingerprint density at radius 2 is 1.48 bits per heavy atom. The van der Waals surface area contributed by atoms with Crippen LogP contribution in [0.15, 0.2) is 120 Å². The zero-order chi connectivity index (χ0) is 37.1. The highest BCUT2D eigenvalue weighted by Gasteiger charge is 2.38. The van der Waals surface area contributed by atoms with Crippen LogP contribution in [0.2, 0.25) is 0 Å². The first-order valence-corrected chi connectivity index (χ1v) is 20.1. The van der Waals surface area contributed by atoms with Crippen molar-refractivity contribution >= 4 is 47.9 Å². The lowest BCUT2D eigenvalue weighted by molar-refractivity contribution is -0.129. The van der Waals surface area contributed by atoms with E-state index in [0.717, 1.165) is 38.1 Å². The number of hydrogen-bond acceptors (Lipinski definition) is 6. The molecule has 0 aliphatic rings. The number of ether oxygens (including phenoxy) is 1. The average Bonchev–Trinajstić information content (AvgIpc) is 3.55. The van der Waals surface area contributed by atoms with Crippen molar-refractivity contribution in [2.75, 3.05) is 11.9 Å². The van der Waals surface area contributed by atoms with Gasteiger partial charge >= 0.3 is 6.09 Å². The van der Waals surface area contributed by atoms with Gasteiger partial charge in [0.05, 0.1) is 5.92 Å². The number of rotatable bonds is 17. The number of fused-ring (bicyclic) bond motifs is 1. The van der Waals surface area contributed by atoms with Crippen molar-refractivity contribution < 1.29 is 28.6 Å². The Balaban J connectivity index is 1.40. The molecule has 0 aliphatic carbocycles. The third-order valence-corrected chi connectivity index (χ3v) is 12.4. The van der Waals surface area contributed by atoms with E-state index < -0.39 is 49.2 Å². The summed E-state index contributed by atoms with van der Waals surface area (Å²) in [5.74, 6) is -3.28. The molecule has 5 aromatic rings. The van der Waals surface area contributed by atoms with Crippen LogP contribution in [0.1, 0.15) is 42.0 Å². The van der Waals surface area contributed by atoms with Crippen molar-refractivity contribution in [3.8, 4) is 0 Å². The number of nitrogens with two attached hydrogens (primary N) is 1. The monoisotopic (exact) mass is 740 g/mol. The number of benzene rings is 4. The Morgan fingerprint density at radius 3 is 2.17 bits per heavy atom. The first-order valence-electron chi connectivity index (χ1n) is 17.2. The Bertz CT molecular complexity index is 2010. The molecular weight excluding hydrogens is 696 g/mol. The van der Waals surface area contributed by atoms with E-state index in [1.54, 1.807) is 30.5 Å². The SMILES string of the molecule is CC(C)c1ccccc1SCC(CP(=O)(O)[C@H](Cc1ccccc1)NC(=O)OCc1ccccc1)C(=O)N[C@@H](Cc1c[nH]c2ccccc12)C(N)=O. The average molecular weight is 741 g/mol. The fourth-order valence-corrected chi connectivity index (χ4v) is 9.45. The van der Waals surface area contributed by atoms with Crippen molar-refractivity contribution in [2.45, 2.75) is 55.9 Å². The molecule has 0 saturated carbocycles. The van der Waals surface area contributed by atoms with Gasteiger partial charge in [0, 0.05) is 46.8 Å². The van der Waals surface area contributed by atoms with Gasteiger partial charge in [-0.25, -0.2) is 4.79 Å². The first kappa shape index (κ1) is 38.4. The van der Waals surface area contributed by atoms with Crippen LogP contribution in [0.5, 0.6) is 0 Å². The van der Waals surface area contributed by atoms with E-state index in [1.807, 2.05) is 84.9 Å². The number of carbonyl (C=O) groups excluding carboxylic acids is 3. The number of para-hydroxylation sites is 1. The minimum absolute atomic E-state index is 0.0250. The van der Waals surface area contributed by atoms with Gasteiger partial charge in [0.2, 0.25) is 19.2 Å². The number of aromatic amines is 1. The highest BCUT2D eigenvalue weighted by molar-refractivity contribution is 7.99. The molecule has 5 rings (SSSR count). The maximum atomic E-state index is 14.5. The highest BCUT2D eigenvalue weighted by atomic mass is 32.2. The topological polar surface area (TPSA) is 164 Å². The van der Waals surface area contributed by atoms with E-state index in [2.05, 4.69) is 29.5 Å². The number of aromatic nitrogens is 1. The summed E-state index contributed by atoms with van der Waals surface area (Å²) in [5, 5.41) is 6.33. The number of thioether (sulfide) groups is 1. The molecule has 2 unspecified atom stereocenters. The van der Waals surface area contributed by atoms with Gasteiger partial charge in [-0.2, -0.15) is 0 Å². The molecule has 3 amide bonds. The standard InChI is InChI=1S/C40H45N4O6PS/c1-27(2)32-17-10-12-20-36(32)52-26-31(39(46)43-35(38(41)45)22-30-23-42-34-19-11-9-18-33(30)34)25-51(48,49)37(21-28-13-5-3-6-14-28)44-40(47)50-24-29-15-7-4-8-16-29/h3-20,23,27,31,35,37,42H,21-22,24-26H2,1-2H3,(H2,41,45)(H,43,46)(H,44,47)(H,48,49)/t31?,35-,37+/m0/s1. The number of alkyl carbamates (subject to hydrolysis) is 1. The van der Waals surface area contributed by atoms with E-state index >= 15 is 0 Å². The molecule has 0 aliphatic heterocycles. The van der Waals surface area contributed by atoms with Crippen molar-refractivity contribution in [3.05, 3.63) is 138 Å². The predicted molar refractivity (Wildman–Crippen MR) is 206 cm³/mol. The number of hydrogen-bond donors (Lipinski definition) is 5. The quantitative estimate of drug-likeness (QED) is 0.0507. The summed E-state index contributed by atoms with van der Waals surface area (Å²) in [4.78, 5) is 55.8. The van der Waals surface area contributed by atoms with Gasteiger partial charge in [0.25, 0.3) is 0 Å². The number of carbonyl (C=O) groups is 3. The lowest BCUT2D eigenvalue weighted by Crippen LogP contribution is -2.49. The van der Waals surface area contributed by atoms with Gasteiger partial charge in [-0.3, -0.25) is 14.2 Å². The predicted octanol–water partition coefficient (Wildman–Crippen LogP) is 6.98. The van der Waals surface area contributed by atoms with Gasteiger partial charge in [-0.15, -0.1) is 11.8 Å². The zero-order valence-electron chi connectivity index (χ0n) is 29.2. The Labute approximate surface area is 308 Å². The molecule has 1 aromatic heterocycles. The van der Waals surface area contributed by atoms with Crippen LogP contribution in [-0.2, 0) is 38.3 Å². The molecule has 1 heterocycles. The number of amides is 3. The first-order chi connectivity index (χ1) is 25.0. The highest BCUT2D eigenvalue weighted by Crippen LogP contribution is 2.49. The van der Waals surface area contributed by atoms with Gasteiger partial charge < -0.3 is 31.0 Å². The van der Waals surface area contributed by atoms with Crippen molar-refractivity contribution in [1.29, 1.82) is 0 Å². The second-order valence-electron chi connectivity index (χ2n) is 13.1. The van der Waals surface area contributed by atoms with E-state index in [4.69, 9.17) is 10.5 Å². The van der Waals surface area contributed by atoms with Crippen molar-refractivity contribution in [3.63, 3.8) is 0 Å². The molecule has 272 valence electrons. The lowest BCUT2D eigenvalue weighted by atomic mass is 10.0.